The summed E-state index contributed by atoms with van der Waals surface area (Å²) in [6, 6.07) is 7.81. The van der Waals surface area contributed by atoms with Crippen LogP contribution in [0.15, 0.2) is 29.4 Å². The number of hydrogen-bond donors (Lipinski definition) is 1. The molecule has 58 valence electrons. The van der Waals surface area contributed by atoms with Gasteiger partial charge in [0.15, 0.2) is 0 Å². The third-order valence-electron chi connectivity index (χ3n) is 1.68. The van der Waals surface area contributed by atoms with Gasteiger partial charge < -0.3 is 5.21 Å². The van der Waals surface area contributed by atoms with Gasteiger partial charge in [0.25, 0.3) is 0 Å². The largest absolute Gasteiger partial charge is 0.411 e. The van der Waals surface area contributed by atoms with Gasteiger partial charge >= 0.3 is 0 Å². The first-order valence-corrected chi connectivity index (χ1v) is 3.50. The number of benzene rings is 1. The molecule has 0 aliphatic rings. The van der Waals surface area contributed by atoms with Crippen molar-refractivity contribution >= 4 is 5.71 Å². The molecule has 11 heavy (non-hydrogen) atoms. The number of oxime groups is 1. The Morgan fingerprint density at radius 2 is 2.00 bits per heavy atom. The van der Waals surface area contributed by atoms with Crippen molar-refractivity contribution in [2.45, 2.75) is 13.8 Å². The summed E-state index contributed by atoms with van der Waals surface area (Å²) in [6.07, 6.45) is 0. The normalized spacial score (nSPS) is 11.6. The fourth-order valence-electron chi connectivity index (χ4n) is 1.03. The van der Waals surface area contributed by atoms with Gasteiger partial charge in [-0.15, -0.1) is 0 Å². The Labute approximate surface area is 66.2 Å². The molecule has 0 heterocycles. The topological polar surface area (TPSA) is 32.6 Å². The van der Waals surface area contributed by atoms with E-state index >= 15 is 0 Å². The van der Waals surface area contributed by atoms with Gasteiger partial charge in [-0.05, 0) is 19.4 Å². The number of rotatable bonds is 1. The van der Waals surface area contributed by atoms with E-state index < -0.39 is 0 Å². The third-order valence-corrected chi connectivity index (χ3v) is 1.68. The van der Waals surface area contributed by atoms with Crippen LogP contribution in [0.5, 0.6) is 0 Å². The smallest absolute Gasteiger partial charge is 0.0839 e. The summed E-state index contributed by atoms with van der Waals surface area (Å²) in [5.41, 5.74) is 2.78. The van der Waals surface area contributed by atoms with Crippen LogP contribution in [0.4, 0.5) is 0 Å². The van der Waals surface area contributed by atoms with Crippen LogP contribution < -0.4 is 0 Å². The fourth-order valence-corrected chi connectivity index (χ4v) is 1.03. The van der Waals surface area contributed by atoms with Crippen molar-refractivity contribution < 1.29 is 5.21 Å². The van der Waals surface area contributed by atoms with E-state index in [1.165, 1.54) is 0 Å². The van der Waals surface area contributed by atoms with Gasteiger partial charge in [0, 0.05) is 5.56 Å². The maximum absolute atomic E-state index is 8.50. The molecule has 1 rings (SSSR count). The highest BCUT2D eigenvalue weighted by molar-refractivity contribution is 5.99. The molecule has 2 heteroatoms. The molecule has 0 unspecified atom stereocenters. The molecule has 0 spiro atoms. The van der Waals surface area contributed by atoms with Crippen molar-refractivity contribution in [1.82, 2.24) is 0 Å². The van der Waals surface area contributed by atoms with Crippen LogP contribution in [0.2, 0.25) is 0 Å². The molecular weight excluding hydrogens is 138 g/mol. The van der Waals surface area contributed by atoms with Gasteiger partial charge in [-0.25, -0.2) is 0 Å². The number of aryl methyl sites for hydroxylation is 1. The van der Waals surface area contributed by atoms with E-state index in [2.05, 4.69) is 5.16 Å². The highest BCUT2D eigenvalue weighted by Gasteiger charge is 1.99. The van der Waals surface area contributed by atoms with E-state index in [1.54, 1.807) is 6.92 Å². The van der Waals surface area contributed by atoms with E-state index in [0.717, 1.165) is 11.1 Å². The van der Waals surface area contributed by atoms with Crippen LogP contribution in [0.3, 0.4) is 0 Å². The monoisotopic (exact) mass is 149 g/mol. The second-order valence-electron chi connectivity index (χ2n) is 2.50. The van der Waals surface area contributed by atoms with Crippen LogP contribution in [-0.2, 0) is 0 Å². The molecule has 0 fully saturated rings. The molecule has 1 N–H and O–H groups in total. The van der Waals surface area contributed by atoms with Crippen molar-refractivity contribution in [1.29, 1.82) is 0 Å². The van der Waals surface area contributed by atoms with Gasteiger partial charge in [0.05, 0.1) is 5.71 Å². The van der Waals surface area contributed by atoms with Crippen molar-refractivity contribution in [3.05, 3.63) is 35.4 Å². The van der Waals surface area contributed by atoms with Gasteiger partial charge in [0.1, 0.15) is 0 Å². The Morgan fingerprint density at radius 1 is 1.36 bits per heavy atom. The molecule has 2 nitrogen and oxygen atoms in total. The average molecular weight is 149 g/mol. The second kappa shape index (κ2) is 3.19. The van der Waals surface area contributed by atoms with Crippen LogP contribution in [0, 0.1) is 6.92 Å². The Balaban J connectivity index is 3.14. The zero-order valence-corrected chi connectivity index (χ0v) is 6.70. The van der Waals surface area contributed by atoms with Gasteiger partial charge in [0.2, 0.25) is 0 Å². The summed E-state index contributed by atoms with van der Waals surface area (Å²) in [7, 11) is 0. The molecule has 0 aliphatic carbocycles. The molecule has 0 saturated heterocycles. The first-order valence-electron chi connectivity index (χ1n) is 3.50. The summed E-state index contributed by atoms with van der Waals surface area (Å²) in [4.78, 5) is 0. The SMILES string of the molecule is C/C(=N\O)c1ccccc1C. The first kappa shape index (κ1) is 7.79. The van der Waals surface area contributed by atoms with Crippen molar-refractivity contribution in [3.8, 4) is 0 Å². The molecular formula is C9H11NO. The average Bonchev–Trinajstić information content (AvgIpc) is 2.04. The molecule has 0 amide bonds. The molecule has 0 saturated carbocycles. The molecule has 0 atom stereocenters. The first-order chi connectivity index (χ1) is 5.25. The highest BCUT2D eigenvalue weighted by atomic mass is 16.4. The second-order valence-corrected chi connectivity index (χ2v) is 2.50. The third kappa shape index (κ3) is 1.58. The zero-order valence-electron chi connectivity index (χ0n) is 6.70. The molecule has 0 aromatic heterocycles. The van der Waals surface area contributed by atoms with E-state index in [9.17, 15) is 0 Å². The van der Waals surface area contributed by atoms with Crippen molar-refractivity contribution in [2.75, 3.05) is 0 Å². The van der Waals surface area contributed by atoms with E-state index in [0.29, 0.717) is 5.71 Å². The minimum Gasteiger partial charge on any atom is -0.411 e. The van der Waals surface area contributed by atoms with Gasteiger partial charge in [-0.3, -0.25) is 0 Å². The van der Waals surface area contributed by atoms with Crippen LogP contribution in [-0.4, -0.2) is 10.9 Å². The molecule has 0 radical (unpaired) electrons. The van der Waals surface area contributed by atoms with Crippen LogP contribution >= 0.6 is 0 Å². The standard InChI is InChI=1S/C9H11NO/c1-7-5-3-4-6-9(7)8(2)10-11/h3-6,11H,1-2H3/b10-8+. The molecule has 1 aromatic carbocycles. The summed E-state index contributed by atoms with van der Waals surface area (Å²) < 4.78 is 0. The molecule has 0 bridgehead atoms. The van der Waals surface area contributed by atoms with Crippen LogP contribution in [0.1, 0.15) is 18.1 Å². The summed E-state index contributed by atoms with van der Waals surface area (Å²) in [6.45, 7) is 3.77. The number of nitrogens with zero attached hydrogens (tertiary/aromatic N) is 1. The fraction of sp³-hybridized carbons (Fsp3) is 0.222. The summed E-state index contributed by atoms with van der Waals surface area (Å²) >= 11 is 0. The van der Waals surface area contributed by atoms with E-state index in [4.69, 9.17) is 5.21 Å². The minimum atomic E-state index is 0.656. The molecule has 0 aliphatic heterocycles. The Bertz CT molecular complexity index is 279. The Hall–Kier alpha value is -1.31. The van der Waals surface area contributed by atoms with E-state index in [1.807, 2.05) is 31.2 Å². The minimum absolute atomic E-state index is 0.656. The highest BCUT2D eigenvalue weighted by Crippen LogP contribution is 2.07. The lowest BCUT2D eigenvalue weighted by Gasteiger charge is -2.01. The quantitative estimate of drug-likeness (QED) is 0.370. The lowest BCUT2D eigenvalue weighted by atomic mass is 10.1. The maximum atomic E-state index is 8.50. The maximum Gasteiger partial charge on any atom is 0.0839 e. The van der Waals surface area contributed by atoms with Gasteiger partial charge in [-0.1, -0.05) is 29.4 Å². The molecule has 1 aromatic rings. The predicted molar refractivity (Wildman–Crippen MR) is 45.2 cm³/mol. The Kier molecular flexibility index (Phi) is 2.26. The summed E-state index contributed by atoms with van der Waals surface area (Å²) in [5.74, 6) is 0. The number of hydrogen-bond acceptors (Lipinski definition) is 2. The van der Waals surface area contributed by atoms with Crippen LogP contribution in [0.25, 0.3) is 0 Å². The lowest BCUT2D eigenvalue weighted by Crippen LogP contribution is -1.96. The van der Waals surface area contributed by atoms with Crippen molar-refractivity contribution in [3.63, 3.8) is 0 Å². The van der Waals surface area contributed by atoms with Crippen molar-refractivity contribution in [2.24, 2.45) is 5.16 Å². The predicted octanol–water partition coefficient (Wildman–Crippen LogP) is 2.19. The van der Waals surface area contributed by atoms with E-state index in [-0.39, 0.29) is 0 Å². The van der Waals surface area contributed by atoms with Gasteiger partial charge in [-0.2, -0.15) is 0 Å². The Morgan fingerprint density at radius 3 is 2.55 bits per heavy atom. The summed E-state index contributed by atoms with van der Waals surface area (Å²) in [5, 5.41) is 11.6. The zero-order chi connectivity index (χ0) is 8.27. The lowest BCUT2D eigenvalue weighted by molar-refractivity contribution is 0.319.